The maximum atomic E-state index is 13.8. The van der Waals surface area contributed by atoms with Crippen molar-refractivity contribution >= 4 is 40.0 Å². The maximum absolute atomic E-state index is 13.8. The molecule has 3 heterocycles. The third-order valence-corrected chi connectivity index (χ3v) is 7.00. The van der Waals surface area contributed by atoms with Crippen molar-refractivity contribution in [2.75, 3.05) is 31.0 Å². The van der Waals surface area contributed by atoms with Crippen molar-refractivity contribution in [1.29, 1.82) is 0 Å². The van der Waals surface area contributed by atoms with Crippen molar-refractivity contribution in [3.63, 3.8) is 0 Å². The van der Waals surface area contributed by atoms with E-state index in [1.807, 2.05) is 42.1 Å². The van der Waals surface area contributed by atoms with Crippen molar-refractivity contribution in [2.24, 2.45) is 7.05 Å². The van der Waals surface area contributed by atoms with Gasteiger partial charge in [-0.2, -0.15) is 0 Å². The fourth-order valence-electron chi connectivity index (χ4n) is 5.34. The molecule has 2 aliphatic rings. The highest BCUT2D eigenvalue weighted by atomic mass is 16.5. The van der Waals surface area contributed by atoms with E-state index in [9.17, 15) is 14.4 Å². The lowest BCUT2D eigenvalue weighted by molar-refractivity contribution is -0.117. The van der Waals surface area contributed by atoms with Crippen LogP contribution in [0.1, 0.15) is 32.4 Å². The van der Waals surface area contributed by atoms with Gasteiger partial charge in [0, 0.05) is 29.7 Å². The molecule has 9 nitrogen and oxygen atoms in total. The fraction of sp³-hybridized carbons (Fsp3) is 0.179. The van der Waals surface area contributed by atoms with Crippen LogP contribution in [0.4, 0.5) is 11.4 Å². The molecule has 9 heteroatoms. The number of aromatic nitrogens is 1. The first-order valence-corrected chi connectivity index (χ1v) is 11.8. The van der Waals surface area contributed by atoms with Gasteiger partial charge in [-0.15, -0.1) is 0 Å². The number of amides is 3. The normalized spacial score (nSPS) is 15.9. The Balaban J connectivity index is 1.42. The van der Waals surface area contributed by atoms with Crippen LogP contribution in [0.2, 0.25) is 0 Å². The van der Waals surface area contributed by atoms with Crippen LogP contribution in [0.25, 0.3) is 10.9 Å². The monoisotopic (exact) mass is 496 g/mol. The minimum absolute atomic E-state index is 0.251. The summed E-state index contributed by atoms with van der Waals surface area (Å²) in [5.74, 6) is -0.320. The van der Waals surface area contributed by atoms with Crippen LogP contribution >= 0.6 is 0 Å². The van der Waals surface area contributed by atoms with Crippen LogP contribution in [0, 0.1) is 0 Å². The summed E-state index contributed by atoms with van der Waals surface area (Å²) in [5.41, 5.74) is 3.36. The lowest BCUT2D eigenvalue weighted by atomic mass is 10.0. The largest absolute Gasteiger partial charge is 0.493 e. The van der Waals surface area contributed by atoms with Crippen LogP contribution in [0.3, 0.4) is 0 Å². The number of nitrogens with zero attached hydrogens (tertiary/aromatic N) is 3. The van der Waals surface area contributed by atoms with E-state index >= 15 is 0 Å². The molecule has 0 bridgehead atoms. The quantitative estimate of drug-likeness (QED) is 0.452. The summed E-state index contributed by atoms with van der Waals surface area (Å²) in [4.78, 5) is 43.8. The van der Waals surface area contributed by atoms with Crippen molar-refractivity contribution in [3.05, 3.63) is 83.6 Å². The second kappa shape index (κ2) is 8.41. The molecule has 0 saturated carbocycles. The number of nitrogens with one attached hydrogen (secondary N) is 1. The average molecular weight is 497 g/mol. The number of carbonyl (C=O) groups excluding carboxylic acids is 3. The third-order valence-electron chi connectivity index (χ3n) is 7.00. The van der Waals surface area contributed by atoms with Gasteiger partial charge in [0.25, 0.3) is 11.8 Å². The first-order valence-electron chi connectivity index (χ1n) is 11.8. The van der Waals surface area contributed by atoms with E-state index in [2.05, 4.69) is 5.32 Å². The molecule has 0 radical (unpaired) electrons. The number of para-hydroxylation sites is 1. The van der Waals surface area contributed by atoms with Crippen molar-refractivity contribution in [2.45, 2.75) is 6.17 Å². The van der Waals surface area contributed by atoms with Gasteiger partial charge in [0.1, 0.15) is 12.7 Å². The maximum Gasteiger partial charge on any atom is 0.264 e. The number of carbonyl (C=O) groups is 3. The first-order chi connectivity index (χ1) is 17.9. The minimum atomic E-state index is -0.803. The van der Waals surface area contributed by atoms with Crippen molar-refractivity contribution in [1.82, 2.24) is 9.47 Å². The number of methoxy groups -OCH3 is 2. The summed E-state index contributed by atoms with van der Waals surface area (Å²) in [6, 6.07) is 18.0. The molecule has 0 unspecified atom stereocenters. The molecule has 1 aromatic heterocycles. The molecule has 2 aliphatic heterocycles. The number of anilines is 2. The Morgan fingerprint density at radius 2 is 1.76 bits per heavy atom. The lowest BCUT2D eigenvalue weighted by Gasteiger charge is -2.40. The summed E-state index contributed by atoms with van der Waals surface area (Å²) >= 11 is 0. The molecular formula is C28H24N4O5. The Labute approximate surface area is 212 Å². The smallest absolute Gasteiger partial charge is 0.264 e. The van der Waals surface area contributed by atoms with Crippen LogP contribution in [0.5, 0.6) is 11.5 Å². The Kier molecular flexibility index (Phi) is 5.15. The molecule has 0 aliphatic carbocycles. The number of ether oxygens (including phenoxy) is 2. The predicted molar refractivity (Wildman–Crippen MR) is 138 cm³/mol. The van der Waals surface area contributed by atoms with Gasteiger partial charge >= 0.3 is 0 Å². The van der Waals surface area contributed by atoms with Crippen molar-refractivity contribution in [3.8, 4) is 11.5 Å². The number of fused-ring (bicyclic) bond motifs is 6. The van der Waals surface area contributed by atoms with Gasteiger partial charge in [-0.3, -0.25) is 19.3 Å². The molecule has 37 heavy (non-hydrogen) atoms. The Morgan fingerprint density at radius 3 is 2.54 bits per heavy atom. The zero-order valence-corrected chi connectivity index (χ0v) is 20.5. The van der Waals surface area contributed by atoms with Gasteiger partial charge in [0.2, 0.25) is 5.91 Å². The van der Waals surface area contributed by atoms with Gasteiger partial charge in [0.15, 0.2) is 11.5 Å². The fourth-order valence-corrected chi connectivity index (χ4v) is 5.34. The summed E-state index contributed by atoms with van der Waals surface area (Å²) < 4.78 is 12.9. The van der Waals surface area contributed by atoms with E-state index in [4.69, 9.17) is 9.47 Å². The molecule has 1 N–H and O–H groups in total. The highest BCUT2D eigenvalue weighted by molar-refractivity contribution is 6.18. The SMILES string of the molecule is COc1ccc2c(c1OC)C(=O)N1c3ccccc3C(=O)N(CC(=O)Nc3cccc4c3ccn4C)[C@H]21. The molecular weight excluding hydrogens is 472 g/mol. The van der Waals surface area contributed by atoms with Crippen LogP contribution in [-0.4, -0.2) is 48.0 Å². The van der Waals surface area contributed by atoms with Crippen LogP contribution < -0.4 is 19.7 Å². The van der Waals surface area contributed by atoms with Gasteiger partial charge in [-0.1, -0.05) is 24.3 Å². The second-order valence-corrected chi connectivity index (χ2v) is 8.98. The Hall–Kier alpha value is -4.79. The Morgan fingerprint density at radius 1 is 0.946 bits per heavy atom. The van der Waals surface area contributed by atoms with E-state index in [-0.39, 0.29) is 24.3 Å². The highest BCUT2D eigenvalue weighted by Gasteiger charge is 2.50. The van der Waals surface area contributed by atoms with E-state index < -0.39 is 6.17 Å². The minimum Gasteiger partial charge on any atom is -0.493 e. The van der Waals surface area contributed by atoms with E-state index in [1.54, 1.807) is 41.3 Å². The molecule has 0 fully saturated rings. The van der Waals surface area contributed by atoms with Crippen LogP contribution in [0.15, 0.2) is 66.9 Å². The topological polar surface area (TPSA) is 93.1 Å². The number of rotatable bonds is 5. The number of aryl methyl sites for hydroxylation is 1. The molecule has 1 atom stereocenters. The summed E-state index contributed by atoms with van der Waals surface area (Å²) in [6.07, 6.45) is 1.12. The summed E-state index contributed by atoms with van der Waals surface area (Å²) in [6.45, 7) is -0.251. The predicted octanol–water partition coefficient (Wildman–Crippen LogP) is 3.95. The summed E-state index contributed by atoms with van der Waals surface area (Å²) in [7, 11) is 4.90. The number of benzene rings is 3. The number of hydrogen-bond donors (Lipinski definition) is 1. The van der Waals surface area contributed by atoms with Crippen molar-refractivity contribution < 1.29 is 23.9 Å². The van der Waals surface area contributed by atoms with Gasteiger partial charge in [-0.05, 0) is 36.4 Å². The Bertz CT molecular complexity index is 1610. The molecule has 0 saturated heterocycles. The molecule has 3 amide bonds. The van der Waals surface area contributed by atoms with E-state index in [0.717, 1.165) is 10.9 Å². The second-order valence-electron chi connectivity index (χ2n) is 8.98. The molecule has 3 aromatic carbocycles. The van der Waals surface area contributed by atoms with Gasteiger partial charge in [-0.25, -0.2) is 0 Å². The van der Waals surface area contributed by atoms with Crippen LogP contribution in [-0.2, 0) is 11.8 Å². The lowest BCUT2D eigenvalue weighted by Crippen LogP contribution is -2.50. The average Bonchev–Trinajstić information content (AvgIpc) is 3.44. The molecule has 4 aromatic rings. The first kappa shape index (κ1) is 22.7. The standard InChI is InChI=1S/C28H24N4O5/c1-30-14-13-16-19(8-6-10-20(16)30)29-23(33)15-31-26-18-11-12-22(36-2)25(37-3)24(18)28(35)32(26)21-9-5-4-7-17(21)27(31)34/h4-14,26H,15H2,1-3H3,(H,29,33)/t26-/m0/s1. The van der Waals surface area contributed by atoms with E-state index in [1.165, 1.54) is 19.1 Å². The number of hydrogen-bond acceptors (Lipinski definition) is 5. The molecule has 186 valence electrons. The zero-order chi connectivity index (χ0) is 25.8. The summed E-state index contributed by atoms with van der Waals surface area (Å²) in [5, 5.41) is 3.85. The molecule has 6 rings (SSSR count). The molecule has 0 spiro atoms. The third kappa shape index (κ3) is 3.27. The zero-order valence-electron chi connectivity index (χ0n) is 20.5. The van der Waals surface area contributed by atoms with E-state index in [0.29, 0.717) is 39.6 Å². The van der Waals surface area contributed by atoms with Gasteiger partial charge < -0.3 is 24.3 Å². The highest BCUT2D eigenvalue weighted by Crippen LogP contribution is 2.49. The van der Waals surface area contributed by atoms with Gasteiger partial charge in [0.05, 0.1) is 36.7 Å².